The molecule has 1 aromatic heterocycles. The monoisotopic (exact) mass is 281 g/mol. The number of aromatic nitrogens is 2. The highest BCUT2D eigenvalue weighted by atomic mass is 32.2. The first kappa shape index (κ1) is 14.9. The fourth-order valence-corrected chi connectivity index (χ4v) is 4.61. The van der Waals surface area contributed by atoms with Crippen LogP contribution in [-0.2, 0) is 7.05 Å². The van der Waals surface area contributed by atoms with Gasteiger partial charge in [0.15, 0.2) is 0 Å². The van der Waals surface area contributed by atoms with Crippen LogP contribution in [0, 0.1) is 12.3 Å². The first-order valence-electron chi connectivity index (χ1n) is 7.34. The molecule has 2 unspecified atom stereocenters. The summed E-state index contributed by atoms with van der Waals surface area (Å²) in [4.78, 5) is 0. The van der Waals surface area contributed by atoms with Gasteiger partial charge >= 0.3 is 0 Å². The van der Waals surface area contributed by atoms with Gasteiger partial charge in [0.05, 0.1) is 10.7 Å². The van der Waals surface area contributed by atoms with Gasteiger partial charge in [-0.15, -0.1) is 11.8 Å². The summed E-state index contributed by atoms with van der Waals surface area (Å²) >= 11 is 2.00. The number of hydrogen-bond acceptors (Lipinski definition) is 3. The summed E-state index contributed by atoms with van der Waals surface area (Å²) in [7, 11) is 2.05. The molecule has 0 spiro atoms. The largest absolute Gasteiger partial charge is 0.312 e. The molecule has 19 heavy (non-hydrogen) atoms. The second-order valence-electron chi connectivity index (χ2n) is 6.36. The van der Waals surface area contributed by atoms with Crippen molar-refractivity contribution in [3.63, 3.8) is 0 Å². The lowest BCUT2D eigenvalue weighted by molar-refractivity contribution is 0.287. The standard InChI is InChI=1S/C15H27N3S/c1-6-9-16-14-12(7-8-15(14,3)4)19-13-10-11(2)17-18(13)5/h10,12,14,16H,6-9H2,1-5H3. The third-order valence-electron chi connectivity index (χ3n) is 4.13. The molecular weight excluding hydrogens is 254 g/mol. The van der Waals surface area contributed by atoms with E-state index in [1.54, 1.807) is 0 Å². The van der Waals surface area contributed by atoms with E-state index < -0.39 is 0 Å². The molecule has 0 aromatic carbocycles. The van der Waals surface area contributed by atoms with E-state index in [2.05, 4.69) is 44.2 Å². The number of rotatable bonds is 5. The van der Waals surface area contributed by atoms with Crippen LogP contribution in [0.15, 0.2) is 11.1 Å². The van der Waals surface area contributed by atoms with Crippen molar-refractivity contribution in [2.24, 2.45) is 12.5 Å². The molecule has 3 nitrogen and oxygen atoms in total. The molecule has 4 heteroatoms. The number of hydrogen-bond donors (Lipinski definition) is 1. The number of nitrogens with one attached hydrogen (secondary N) is 1. The van der Waals surface area contributed by atoms with Crippen LogP contribution in [0.5, 0.6) is 0 Å². The Bertz CT molecular complexity index is 425. The second kappa shape index (κ2) is 5.88. The van der Waals surface area contributed by atoms with Crippen LogP contribution in [0.25, 0.3) is 0 Å². The third kappa shape index (κ3) is 3.34. The van der Waals surface area contributed by atoms with Crippen molar-refractivity contribution < 1.29 is 0 Å². The molecule has 1 aliphatic rings. The lowest BCUT2D eigenvalue weighted by Gasteiger charge is -2.31. The predicted octanol–water partition coefficient (Wildman–Crippen LogP) is 3.38. The zero-order chi connectivity index (χ0) is 14.0. The SMILES string of the molecule is CCCNC1C(Sc2cc(C)nn2C)CCC1(C)C. The lowest BCUT2D eigenvalue weighted by atomic mass is 9.87. The molecule has 108 valence electrons. The maximum atomic E-state index is 4.45. The number of nitrogens with zero attached hydrogens (tertiary/aromatic N) is 2. The lowest BCUT2D eigenvalue weighted by Crippen LogP contribution is -2.43. The predicted molar refractivity (Wildman–Crippen MR) is 82.7 cm³/mol. The fraction of sp³-hybridized carbons (Fsp3) is 0.800. The van der Waals surface area contributed by atoms with E-state index >= 15 is 0 Å². The molecule has 2 rings (SSSR count). The van der Waals surface area contributed by atoms with Gasteiger partial charge in [0.2, 0.25) is 0 Å². The van der Waals surface area contributed by atoms with Crippen molar-refractivity contribution in [1.29, 1.82) is 0 Å². The second-order valence-corrected chi connectivity index (χ2v) is 7.62. The molecule has 1 fully saturated rings. The van der Waals surface area contributed by atoms with Gasteiger partial charge in [0.1, 0.15) is 0 Å². The minimum Gasteiger partial charge on any atom is -0.312 e. The quantitative estimate of drug-likeness (QED) is 0.897. The van der Waals surface area contributed by atoms with E-state index in [0.29, 0.717) is 16.7 Å². The van der Waals surface area contributed by atoms with Gasteiger partial charge < -0.3 is 5.32 Å². The van der Waals surface area contributed by atoms with Gasteiger partial charge in [0, 0.05) is 18.3 Å². The van der Waals surface area contributed by atoms with Gasteiger partial charge in [-0.05, 0) is 44.2 Å². The van der Waals surface area contributed by atoms with E-state index in [-0.39, 0.29) is 0 Å². The zero-order valence-electron chi connectivity index (χ0n) is 12.9. The molecule has 1 aliphatic carbocycles. The van der Waals surface area contributed by atoms with E-state index in [9.17, 15) is 0 Å². The molecule has 0 amide bonds. The third-order valence-corrected chi connectivity index (χ3v) is 5.57. The van der Waals surface area contributed by atoms with Crippen LogP contribution in [0.1, 0.15) is 45.7 Å². The van der Waals surface area contributed by atoms with Crippen LogP contribution < -0.4 is 5.32 Å². The Labute approximate surface area is 121 Å². The topological polar surface area (TPSA) is 29.9 Å². The fourth-order valence-electron chi connectivity index (χ4n) is 3.03. The molecule has 2 atom stereocenters. The minimum atomic E-state index is 0.403. The van der Waals surface area contributed by atoms with Gasteiger partial charge in [0.25, 0.3) is 0 Å². The van der Waals surface area contributed by atoms with Crippen LogP contribution in [0.4, 0.5) is 0 Å². The summed E-state index contributed by atoms with van der Waals surface area (Å²) in [6.45, 7) is 10.2. The van der Waals surface area contributed by atoms with Gasteiger partial charge in [-0.2, -0.15) is 5.10 Å². The van der Waals surface area contributed by atoms with E-state index in [1.165, 1.54) is 24.3 Å². The van der Waals surface area contributed by atoms with Crippen molar-refractivity contribution >= 4 is 11.8 Å². The van der Waals surface area contributed by atoms with Crippen molar-refractivity contribution in [2.45, 2.75) is 63.3 Å². The average Bonchev–Trinajstić information content (AvgIpc) is 2.78. The molecule has 0 aliphatic heterocycles. The smallest absolute Gasteiger partial charge is 0.0942 e. The molecule has 0 bridgehead atoms. The number of thioether (sulfide) groups is 1. The Hall–Kier alpha value is -0.480. The molecule has 1 N–H and O–H groups in total. The highest BCUT2D eigenvalue weighted by Crippen LogP contribution is 2.45. The summed E-state index contributed by atoms with van der Waals surface area (Å²) in [6.07, 6.45) is 3.81. The molecule has 0 saturated heterocycles. The molecular formula is C15H27N3S. The summed E-state index contributed by atoms with van der Waals surface area (Å²) in [5.41, 5.74) is 1.51. The normalized spacial score (nSPS) is 25.9. The first-order chi connectivity index (χ1) is 8.94. The van der Waals surface area contributed by atoms with Crippen LogP contribution in [-0.4, -0.2) is 27.6 Å². The number of aryl methyl sites for hydroxylation is 2. The maximum absolute atomic E-state index is 4.45. The van der Waals surface area contributed by atoms with Crippen LogP contribution in [0.2, 0.25) is 0 Å². The highest BCUT2D eigenvalue weighted by molar-refractivity contribution is 8.00. The Morgan fingerprint density at radius 3 is 2.84 bits per heavy atom. The zero-order valence-corrected chi connectivity index (χ0v) is 13.7. The highest BCUT2D eigenvalue weighted by Gasteiger charge is 2.42. The summed E-state index contributed by atoms with van der Waals surface area (Å²) in [5, 5.41) is 10.2. The molecule has 1 aromatic rings. The minimum absolute atomic E-state index is 0.403. The Kier molecular flexibility index (Phi) is 4.62. The Morgan fingerprint density at radius 1 is 1.53 bits per heavy atom. The average molecular weight is 281 g/mol. The van der Waals surface area contributed by atoms with E-state index in [0.717, 1.165) is 12.2 Å². The summed E-state index contributed by atoms with van der Waals surface area (Å²) in [6, 6.07) is 2.81. The van der Waals surface area contributed by atoms with Crippen molar-refractivity contribution in [2.75, 3.05) is 6.54 Å². The van der Waals surface area contributed by atoms with Crippen LogP contribution in [0.3, 0.4) is 0 Å². The van der Waals surface area contributed by atoms with Crippen molar-refractivity contribution in [1.82, 2.24) is 15.1 Å². The molecule has 1 heterocycles. The summed E-state index contributed by atoms with van der Waals surface area (Å²) < 4.78 is 2.02. The molecule has 0 radical (unpaired) electrons. The first-order valence-corrected chi connectivity index (χ1v) is 8.22. The maximum Gasteiger partial charge on any atom is 0.0942 e. The summed E-state index contributed by atoms with van der Waals surface area (Å²) in [5.74, 6) is 0. The Balaban J connectivity index is 2.08. The van der Waals surface area contributed by atoms with Gasteiger partial charge in [-0.1, -0.05) is 20.8 Å². The van der Waals surface area contributed by atoms with E-state index in [1.807, 2.05) is 23.5 Å². The van der Waals surface area contributed by atoms with Gasteiger partial charge in [-0.3, -0.25) is 4.68 Å². The van der Waals surface area contributed by atoms with Crippen molar-refractivity contribution in [3.05, 3.63) is 11.8 Å². The van der Waals surface area contributed by atoms with Crippen molar-refractivity contribution in [3.8, 4) is 0 Å². The molecule has 1 saturated carbocycles. The van der Waals surface area contributed by atoms with Crippen LogP contribution >= 0.6 is 11.8 Å². The van der Waals surface area contributed by atoms with E-state index in [4.69, 9.17) is 0 Å². The Morgan fingerprint density at radius 2 is 2.26 bits per heavy atom. The van der Waals surface area contributed by atoms with Gasteiger partial charge in [-0.25, -0.2) is 0 Å².